The van der Waals surface area contributed by atoms with E-state index in [4.69, 9.17) is 0 Å². The number of hydrogen-bond donors (Lipinski definition) is 1. The van der Waals surface area contributed by atoms with Crippen LogP contribution in [0.4, 0.5) is 5.69 Å². The van der Waals surface area contributed by atoms with E-state index in [1.165, 1.54) is 17.8 Å². The van der Waals surface area contributed by atoms with E-state index in [1.54, 1.807) is 12.1 Å². The Bertz CT molecular complexity index is 887. The summed E-state index contributed by atoms with van der Waals surface area (Å²) in [5.74, 6) is -0.262. The van der Waals surface area contributed by atoms with Crippen LogP contribution >= 0.6 is 11.8 Å². The highest BCUT2D eigenvalue weighted by Crippen LogP contribution is 2.37. The molecule has 29 heavy (non-hydrogen) atoms. The molecule has 7 heteroatoms. The number of likely N-dealkylation sites (N-methyl/N-ethyl adjacent to an activating group) is 1. The summed E-state index contributed by atoms with van der Waals surface area (Å²) in [5.41, 5.74) is 1.43. The third kappa shape index (κ3) is 5.16. The molecule has 154 valence electrons. The van der Waals surface area contributed by atoms with Crippen molar-refractivity contribution in [1.82, 2.24) is 10.2 Å². The van der Waals surface area contributed by atoms with Gasteiger partial charge in [0.25, 0.3) is 11.6 Å². The van der Waals surface area contributed by atoms with Crippen LogP contribution in [0.1, 0.15) is 42.6 Å². The molecule has 0 spiro atoms. The van der Waals surface area contributed by atoms with Gasteiger partial charge in [0.1, 0.15) is 0 Å². The van der Waals surface area contributed by atoms with E-state index in [1.807, 2.05) is 24.3 Å². The molecular weight excluding hydrogens is 386 g/mol. The van der Waals surface area contributed by atoms with Gasteiger partial charge in [0.15, 0.2) is 0 Å². The lowest BCUT2D eigenvalue weighted by molar-refractivity contribution is -0.387. The van der Waals surface area contributed by atoms with Crippen molar-refractivity contribution in [2.45, 2.75) is 48.9 Å². The van der Waals surface area contributed by atoms with E-state index in [9.17, 15) is 14.9 Å². The quantitative estimate of drug-likeness (QED) is 0.509. The van der Waals surface area contributed by atoms with Gasteiger partial charge in [-0.25, -0.2) is 0 Å². The normalized spacial score (nSPS) is 16.7. The van der Waals surface area contributed by atoms with Crippen LogP contribution in [0.5, 0.6) is 0 Å². The van der Waals surface area contributed by atoms with Gasteiger partial charge in [0.05, 0.1) is 9.82 Å². The van der Waals surface area contributed by atoms with E-state index in [2.05, 4.69) is 24.1 Å². The molecule has 0 bridgehead atoms. The molecule has 1 unspecified atom stereocenters. The Labute approximate surface area is 175 Å². The highest BCUT2D eigenvalue weighted by atomic mass is 32.2. The Kier molecular flexibility index (Phi) is 7.28. The standard InChI is InChI=1S/C22H27N3O3S/c1-3-16-8-5-6-10-20(16)29-21-12-11-17(14-19(21)25(27)28)22(26)23-15-18-9-7-13-24(18)4-2/h5-6,8,10-12,14,18H,3-4,7,9,13,15H2,1-2H3,(H,23,26). The molecule has 1 amide bonds. The average molecular weight is 414 g/mol. The second-order valence-electron chi connectivity index (χ2n) is 7.14. The van der Waals surface area contributed by atoms with E-state index >= 15 is 0 Å². The van der Waals surface area contributed by atoms with Crippen LogP contribution in [0.25, 0.3) is 0 Å². The average Bonchev–Trinajstić information content (AvgIpc) is 3.20. The predicted molar refractivity (Wildman–Crippen MR) is 116 cm³/mol. The number of amides is 1. The number of benzene rings is 2. The smallest absolute Gasteiger partial charge is 0.284 e. The number of aryl methyl sites for hydroxylation is 1. The number of nitrogens with zero attached hydrogens (tertiary/aromatic N) is 2. The Morgan fingerprint density at radius 2 is 2.03 bits per heavy atom. The molecule has 1 aliphatic heterocycles. The maximum Gasteiger partial charge on any atom is 0.284 e. The number of rotatable bonds is 8. The molecule has 0 aliphatic carbocycles. The van der Waals surface area contributed by atoms with Crippen molar-refractivity contribution in [2.75, 3.05) is 19.6 Å². The number of nitro benzene ring substituents is 1. The van der Waals surface area contributed by atoms with E-state index < -0.39 is 4.92 Å². The fourth-order valence-corrected chi connectivity index (χ4v) is 4.86. The zero-order chi connectivity index (χ0) is 20.8. The lowest BCUT2D eigenvalue weighted by atomic mass is 10.1. The molecule has 2 aromatic rings. The van der Waals surface area contributed by atoms with Crippen molar-refractivity contribution in [2.24, 2.45) is 0 Å². The molecule has 3 rings (SSSR count). The molecule has 0 aromatic heterocycles. The van der Waals surface area contributed by atoms with Crippen molar-refractivity contribution in [3.63, 3.8) is 0 Å². The Balaban J connectivity index is 1.75. The summed E-state index contributed by atoms with van der Waals surface area (Å²) in [6.07, 6.45) is 3.07. The third-order valence-corrected chi connectivity index (χ3v) is 6.58. The predicted octanol–water partition coefficient (Wildman–Crippen LogP) is 4.52. The van der Waals surface area contributed by atoms with E-state index in [0.717, 1.165) is 42.8 Å². The van der Waals surface area contributed by atoms with Crippen LogP contribution < -0.4 is 5.32 Å². The minimum absolute atomic E-state index is 0.0374. The van der Waals surface area contributed by atoms with Gasteiger partial charge in [-0.2, -0.15) is 0 Å². The van der Waals surface area contributed by atoms with Gasteiger partial charge in [-0.15, -0.1) is 0 Å². The Hall–Kier alpha value is -2.38. The monoisotopic (exact) mass is 413 g/mol. The van der Waals surface area contributed by atoms with Gasteiger partial charge in [0.2, 0.25) is 0 Å². The van der Waals surface area contributed by atoms with Crippen LogP contribution in [0.15, 0.2) is 52.3 Å². The number of nitro groups is 1. The van der Waals surface area contributed by atoms with Crippen LogP contribution in [0, 0.1) is 10.1 Å². The first-order chi connectivity index (χ1) is 14.0. The molecule has 1 N–H and O–H groups in total. The van der Waals surface area contributed by atoms with Crippen molar-refractivity contribution in [1.29, 1.82) is 0 Å². The molecule has 1 fully saturated rings. The first-order valence-corrected chi connectivity index (χ1v) is 10.9. The van der Waals surface area contributed by atoms with Gasteiger partial charge in [-0.05, 0) is 56.1 Å². The number of carbonyl (C=O) groups is 1. The van der Waals surface area contributed by atoms with Crippen molar-refractivity contribution >= 4 is 23.4 Å². The van der Waals surface area contributed by atoms with Crippen molar-refractivity contribution < 1.29 is 9.72 Å². The topological polar surface area (TPSA) is 75.5 Å². The van der Waals surface area contributed by atoms with E-state index in [-0.39, 0.29) is 11.6 Å². The summed E-state index contributed by atoms with van der Waals surface area (Å²) in [6.45, 7) is 6.79. The lowest BCUT2D eigenvalue weighted by Gasteiger charge is -2.22. The van der Waals surface area contributed by atoms with Crippen molar-refractivity contribution in [3.8, 4) is 0 Å². The van der Waals surface area contributed by atoms with Gasteiger partial charge >= 0.3 is 0 Å². The molecular formula is C22H27N3O3S. The lowest BCUT2D eigenvalue weighted by Crippen LogP contribution is -2.40. The summed E-state index contributed by atoms with van der Waals surface area (Å²) >= 11 is 1.37. The zero-order valence-corrected chi connectivity index (χ0v) is 17.7. The molecule has 6 nitrogen and oxygen atoms in total. The fourth-order valence-electron chi connectivity index (χ4n) is 3.76. The van der Waals surface area contributed by atoms with Gasteiger partial charge in [-0.3, -0.25) is 19.8 Å². The van der Waals surface area contributed by atoms with Crippen LogP contribution in [-0.4, -0.2) is 41.4 Å². The first kappa shape index (κ1) is 21.3. The molecule has 1 aliphatic rings. The number of nitrogens with one attached hydrogen (secondary N) is 1. The van der Waals surface area contributed by atoms with Gasteiger partial charge < -0.3 is 5.32 Å². The molecule has 1 atom stereocenters. The van der Waals surface area contributed by atoms with Crippen LogP contribution in [0.3, 0.4) is 0 Å². The maximum absolute atomic E-state index is 12.6. The second-order valence-corrected chi connectivity index (χ2v) is 8.22. The molecule has 0 saturated carbocycles. The minimum Gasteiger partial charge on any atom is -0.350 e. The summed E-state index contributed by atoms with van der Waals surface area (Å²) in [4.78, 5) is 27.7. The molecule has 2 aromatic carbocycles. The van der Waals surface area contributed by atoms with Crippen LogP contribution in [-0.2, 0) is 6.42 Å². The largest absolute Gasteiger partial charge is 0.350 e. The highest BCUT2D eigenvalue weighted by Gasteiger charge is 2.24. The van der Waals surface area contributed by atoms with Crippen molar-refractivity contribution in [3.05, 3.63) is 63.7 Å². The summed E-state index contributed by atoms with van der Waals surface area (Å²) < 4.78 is 0. The molecule has 1 heterocycles. The summed E-state index contributed by atoms with van der Waals surface area (Å²) in [7, 11) is 0. The molecule has 0 radical (unpaired) electrons. The fraction of sp³-hybridized carbons (Fsp3) is 0.409. The highest BCUT2D eigenvalue weighted by molar-refractivity contribution is 7.99. The zero-order valence-electron chi connectivity index (χ0n) is 16.9. The van der Waals surface area contributed by atoms with Gasteiger partial charge in [-0.1, -0.05) is 43.8 Å². The first-order valence-electron chi connectivity index (χ1n) is 10.1. The SMILES string of the molecule is CCc1ccccc1Sc1ccc(C(=O)NCC2CCCN2CC)cc1[N+](=O)[O-]. The number of carbonyl (C=O) groups excluding carboxylic acids is 1. The minimum atomic E-state index is -0.413. The number of likely N-dealkylation sites (tertiary alicyclic amines) is 1. The molecule has 1 saturated heterocycles. The third-order valence-electron chi connectivity index (χ3n) is 5.39. The Morgan fingerprint density at radius 1 is 1.24 bits per heavy atom. The Morgan fingerprint density at radius 3 is 2.76 bits per heavy atom. The summed E-state index contributed by atoms with van der Waals surface area (Å²) in [5, 5.41) is 14.6. The second kappa shape index (κ2) is 9.89. The summed E-state index contributed by atoms with van der Waals surface area (Å²) in [6, 6.07) is 13.0. The maximum atomic E-state index is 12.6. The number of hydrogen-bond acceptors (Lipinski definition) is 5. The van der Waals surface area contributed by atoms with E-state index in [0.29, 0.717) is 23.0 Å². The van der Waals surface area contributed by atoms with Crippen LogP contribution in [0.2, 0.25) is 0 Å². The van der Waals surface area contributed by atoms with Gasteiger partial charge in [0, 0.05) is 29.1 Å².